The number of fused-ring (bicyclic) bond motifs is 1. The quantitative estimate of drug-likeness (QED) is 0.777. The van der Waals surface area contributed by atoms with E-state index in [1.54, 1.807) is 31.2 Å². The number of aromatic carboxylic acids is 1. The van der Waals surface area contributed by atoms with Crippen molar-refractivity contribution in [3.05, 3.63) is 53.3 Å². The highest BCUT2D eigenvalue weighted by Crippen LogP contribution is 2.21. The molecule has 0 saturated heterocycles. The fourth-order valence-corrected chi connectivity index (χ4v) is 2.02. The average molecular weight is 271 g/mol. The first kappa shape index (κ1) is 12.3. The zero-order chi connectivity index (χ0) is 14.3. The normalized spacial score (nSPS) is 10.9. The van der Waals surface area contributed by atoms with E-state index in [1.165, 1.54) is 16.8 Å². The maximum absolute atomic E-state index is 13.6. The van der Waals surface area contributed by atoms with Crippen LogP contribution in [0.3, 0.4) is 0 Å². The Morgan fingerprint density at radius 3 is 2.80 bits per heavy atom. The first-order chi connectivity index (χ1) is 9.58. The topological polar surface area (TPSA) is 68.0 Å². The van der Waals surface area contributed by atoms with E-state index in [0.29, 0.717) is 16.8 Å². The van der Waals surface area contributed by atoms with Crippen molar-refractivity contribution in [1.29, 1.82) is 0 Å². The lowest BCUT2D eigenvalue weighted by Gasteiger charge is -2.04. The number of carbonyl (C=O) groups is 1. The lowest BCUT2D eigenvalue weighted by molar-refractivity contribution is 0.0699. The van der Waals surface area contributed by atoms with Gasteiger partial charge in [-0.1, -0.05) is 17.3 Å². The molecule has 3 rings (SSSR count). The molecule has 5 nitrogen and oxygen atoms in total. The highest BCUT2D eigenvalue weighted by atomic mass is 19.1. The molecule has 0 amide bonds. The van der Waals surface area contributed by atoms with Gasteiger partial charge in [0.05, 0.1) is 16.8 Å². The van der Waals surface area contributed by atoms with Crippen LogP contribution >= 0.6 is 0 Å². The predicted octanol–water partition coefficient (Wildman–Crippen LogP) is 2.57. The molecule has 6 heteroatoms. The Labute approximate surface area is 113 Å². The third-order valence-electron chi connectivity index (χ3n) is 3.11. The van der Waals surface area contributed by atoms with Crippen LogP contribution in [0.25, 0.3) is 16.7 Å². The average Bonchev–Trinajstić information content (AvgIpc) is 2.85. The first-order valence-corrected chi connectivity index (χ1v) is 5.92. The maximum Gasteiger partial charge on any atom is 0.338 e. The van der Waals surface area contributed by atoms with Gasteiger partial charge in [0.25, 0.3) is 0 Å². The van der Waals surface area contributed by atoms with E-state index in [1.807, 2.05) is 0 Å². The Kier molecular flexibility index (Phi) is 2.71. The van der Waals surface area contributed by atoms with Crippen LogP contribution in [0.5, 0.6) is 0 Å². The van der Waals surface area contributed by atoms with Gasteiger partial charge in [0.2, 0.25) is 0 Å². The van der Waals surface area contributed by atoms with Gasteiger partial charge in [0.1, 0.15) is 11.3 Å². The van der Waals surface area contributed by atoms with E-state index in [0.717, 1.165) is 0 Å². The number of hydrogen-bond acceptors (Lipinski definition) is 3. The monoisotopic (exact) mass is 271 g/mol. The van der Waals surface area contributed by atoms with Gasteiger partial charge in [-0.2, -0.15) is 0 Å². The summed E-state index contributed by atoms with van der Waals surface area (Å²) < 4.78 is 15.0. The van der Waals surface area contributed by atoms with Crippen molar-refractivity contribution in [3.8, 4) is 5.69 Å². The Bertz CT molecular complexity index is 826. The zero-order valence-corrected chi connectivity index (χ0v) is 10.5. The molecule has 0 aliphatic carbocycles. The van der Waals surface area contributed by atoms with Crippen molar-refractivity contribution in [2.45, 2.75) is 6.92 Å². The molecule has 1 N–H and O–H groups in total. The van der Waals surface area contributed by atoms with Gasteiger partial charge in [0.15, 0.2) is 0 Å². The molecule has 0 aliphatic heterocycles. The van der Waals surface area contributed by atoms with Crippen LogP contribution in [0.2, 0.25) is 0 Å². The predicted molar refractivity (Wildman–Crippen MR) is 70.5 cm³/mol. The van der Waals surface area contributed by atoms with E-state index in [-0.39, 0.29) is 16.9 Å². The van der Waals surface area contributed by atoms with Crippen molar-refractivity contribution in [2.75, 3.05) is 0 Å². The zero-order valence-electron chi connectivity index (χ0n) is 10.5. The first-order valence-electron chi connectivity index (χ1n) is 5.92. The van der Waals surface area contributed by atoms with Gasteiger partial charge in [-0.25, -0.2) is 13.9 Å². The van der Waals surface area contributed by atoms with Crippen molar-refractivity contribution in [3.63, 3.8) is 0 Å². The molecule has 3 aromatic rings. The summed E-state index contributed by atoms with van der Waals surface area (Å²) in [6, 6.07) is 9.45. The van der Waals surface area contributed by atoms with Crippen molar-refractivity contribution in [1.82, 2.24) is 15.0 Å². The molecule has 100 valence electrons. The second kappa shape index (κ2) is 4.41. The highest BCUT2D eigenvalue weighted by Gasteiger charge is 2.14. The standard InChI is InChI=1S/C14H10FN3O2/c1-8-5-6-9(7-11(8)15)18-12-4-2-3-10(14(19)20)13(12)16-17-18/h2-7H,1H3,(H,19,20). The Morgan fingerprint density at radius 2 is 2.10 bits per heavy atom. The number of rotatable bonds is 2. The largest absolute Gasteiger partial charge is 0.478 e. The Hall–Kier alpha value is -2.76. The third kappa shape index (κ3) is 1.82. The van der Waals surface area contributed by atoms with Crippen LogP contribution in [0.1, 0.15) is 15.9 Å². The van der Waals surface area contributed by atoms with Gasteiger partial charge in [-0.05, 0) is 36.8 Å². The van der Waals surface area contributed by atoms with Crippen LogP contribution in [0.4, 0.5) is 4.39 Å². The summed E-state index contributed by atoms with van der Waals surface area (Å²) in [5.74, 6) is -1.42. The molecule has 0 spiro atoms. The van der Waals surface area contributed by atoms with E-state index >= 15 is 0 Å². The van der Waals surface area contributed by atoms with Gasteiger partial charge in [-0.15, -0.1) is 5.10 Å². The number of aryl methyl sites for hydroxylation is 1. The minimum atomic E-state index is -1.07. The number of carboxylic acids is 1. The molecule has 0 radical (unpaired) electrons. The number of halogens is 1. The highest BCUT2D eigenvalue weighted by molar-refractivity contribution is 6.00. The van der Waals surface area contributed by atoms with Crippen molar-refractivity contribution in [2.24, 2.45) is 0 Å². The van der Waals surface area contributed by atoms with Crippen LogP contribution < -0.4 is 0 Å². The molecule has 20 heavy (non-hydrogen) atoms. The van der Waals surface area contributed by atoms with E-state index in [4.69, 9.17) is 5.11 Å². The van der Waals surface area contributed by atoms with E-state index in [9.17, 15) is 9.18 Å². The summed E-state index contributed by atoms with van der Waals surface area (Å²) in [4.78, 5) is 11.1. The lowest BCUT2D eigenvalue weighted by Crippen LogP contribution is -1.99. The summed E-state index contributed by atoms with van der Waals surface area (Å²) in [6.07, 6.45) is 0. The molecule has 0 atom stereocenters. The number of nitrogens with zero attached hydrogens (tertiary/aromatic N) is 3. The Balaban J connectivity index is 2.25. The minimum Gasteiger partial charge on any atom is -0.478 e. The van der Waals surface area contributed by atoms with Crippen molar-refractivity contribution >= 4 is 17.0 Å². The van der Waals surface area contributed by atoms with E-state index in [2.05, 4.69) is 10.3 Å². The van der Waals surface area contributed by atoms with Gasteiger partial charge in [0, 0.05) is 0 Å². The SMILES string of the molecule is Cc1ccc(-n2nnc3c(C(=O)O)cccc32)cc1F. The molecular weight excluding hydrogens is 261 g/mol. The lowest BCUT2D eigenvalue weighted by atomic mass is 10.1. The van der Waals surface area contributed by atoms with Crippen LogP contribution in [0, 0.1) is 12.7 Å². The molecule has 0 aliphatic rings. The maximum atomic E-state index is 13.6. The molecular formula is C14H10FN3O2. The third-order valence-corrected chi connectivity index (χ3v) is 3.11. The van der Waals surface area contributed by atoms with E-state index < -0.39 is 5.97 Å². The second-order valence-electron chi connectivity index (χ2n) is 4.41. The minimum absolute atomic E-state index is 0.0707. The van der Waals surface area contributed by atoms with Crippen LogP contribution in [-0.4, -0.2) is 26.1 Å². The molecule has 0 unspecified atom stereocenters. The summed E-state index contributed by atoms with van der Waals surface area (Å²) in [7, 11) is 0. The number of hydrogen-bond donors (Lipinski definition) is 1. The molecule has 1 aromatic heterocycles. The summed E-state index contributed by atoms with van der Waals surface area (Å²) in [5.41, 5.74) is 1.90. The number of aromatic nitrogens is 3. The Morgan fingerprint density at radius 1 is 1.30 bits per heavy atom. The summed E-state index contributed by atoms with van der Waals surface area (Å²) >= 11 is 0. The van der Waals surface area contributed by atoms with Crippen LogP contribution in [-0.2, 0) is 0 Å². The van der Waals surface area contributed by atoms with Gasteiger partial charge in [-0.3, -0.25) is 0 Å². The second-order valence-corrected chi connectivity index (χ2v) is 4.41. The molecule has 0 bridgehead atoms. The fourth-order valence-electron chi connectivity index (χ4n) is 2.02. The molecule has 0 saturated carbocycles. The number of benzene rings is 2. The van der Waals surface area contributed by atoms with Crippen molar-refractivity contribution < 1.29 is 14.3 Å². The van der Waals surface area contributed by atoms with Gasteiger partial charge >= 0.3 is 5.97 Å². The molecule has 2 aromatic carbocycles. The fraction of sp³-hybridized carbons (Fsp3) is 0.0714. The summed E-state index contributed by atoms with van der Waals surface area (Å²) in [6.45, 7) is 1.67. The van der Waals surface area contributed by atoms with Gasteiger partial charge < -0.3 is 5.11 Å². The molecule has 1 heterocycles. The van der Waals surface area contributed by atoms with Crippen LogP contribution in [0.15, 0.2) is 36.4 Å². The molecule has 0 fully saturated rings. The summed E-state index contributed by atoms with van der Waals surface area (Å²) in [5, 5.41) is 16.9. The number of carboxylic acid groups (broad SMARTS) is 1. The smallest absolute Gasteiger partial charge is 0.338 e.